The largest absolute Gasteiger partial charge is 0.334 e. The second kappa shape index (κ2) is 5.85. The van der Waals surface area contributed by atoms with E-state index in [1.54, 1.807) is 24.3 Å². The van der Waals surface area contributed by atoms with Crippen LogP contribution in [0.4, 0.5) is 0 Å². The van der Waals surface area contributed by atoms with Crippen LogP contribution in [-0.2, 0) is 0 Å². The number of hydrogen-bond donors (Lipinski definition) is 0. The van der Waals surface area contributed by atoms with Crippen LogP contribution in [0.15, 0.2) is 54.6 Å². The second-order valence-corrected chi connectivity index (χ2v) is 7.38. The third kappa shape index (κ3) is 2.57. The molecule has 4 rings (SSSR count). The Balaban J connectivity index is 1.67. The molecule has 0 spiro atoms. The van der Waals surface area contributed by atoms with Gasteiger partial charge in [-0.15, -0.1) is 0 Å². The number of rotatable bonds is 3. The summed E-state index contributed by atoms with van der Waals surface area (Å²) in [5.41, 5.74) is 1.64. The molecule has 3 nitrogen and oxygen atoms in total. The Morgan fingerprint density at radius 2 is 1.65 bits per heavy atom. The predicted octanol–water partition coefficient (Wildman–Crippen LogP) is 3.25. The molecular formula is C19H17NO2S. The first kappa shape index (κ1) is 14.5. The fraction of sp³-hybridized carbons (Fsp3) is 0.263. The lowest BCUT2D eigenvalue weighted by molar-refractivity contribution is 0.0743. The van der Waals surface area contributed by atoms with E-state index in [4.69, 9.17) is 0 Å². The summed E-state index contributed by atoms with van der Waals surface area (Å²) >= 11 is 1.96. The molecule has 2 aromatic carbocycles. The lowest BCUT2D eigenvalue weighted by Gasteiger charge is -2.27. The normalized spacial score (nSPS) is 22.3. The van der Waals surface area contributed by atoms with E-state index in [0.29, 0.717) is 28.0 Å². The van der Waals surface area contributed by atoms with Gasteiger partial charge in [-0.1, -0.05) is 48.5 Å². The highest BCUT2D eigenvalue weighted by Gasteiger charge is 2.41. The van der Waals surface area contributed by atoms with Crippen molar-refractivity contribution in [1.82, 2.24) is 4.90 Å². The van der Waals surface area contributed by atoms with E-state index in [2.05, 4.69) is 0 Å². The Bertz CT molecular complexity index is 759. The Labute approximate surface area is 139 Å². The fourth-order valence-electron chi connectivity index (χ4n) is 3.42. The average molecular weight is 323 g/mol. The number of likely N-dealkylation sites (tertiary alicyclic amines) is 1. The van der Waals surface area contributed by atoms with Gasteiger partial charge in [-0.25, -0.2) is 0 Å². The third-order valence-electron chi connectivity index (χ3n) is 4.60. The van der Waals surface area contributed by atoms with Crippen molar-refractivity contribution in [3.63, 3.8) is 0 Å². The number of carbonyl (C=O) groups is 2. The zero-order valence-corrected chi connectivity index (χ0v) is 13.5. The summed E-state index contributed by atoms with van der Waals surface area (Å²) < 4.78 is 0. The number of fused-ring (bicyclic) bond motifs is 2. The molecule has 0 N–H and O–H groups in total. The molecule has 2 fully saturated rings. The zero-order valence-electron chi connectivity index (χ0n) is 12.6. The van der Waals surface area contributed by atoms with E-state index in [1.165, 1.54) is 0 Å². The molecule has 0 aromatic heterocycles. The van der Waals surface area contributed by atoms with Crippen molar-refractivity contribution in [3.8, 4) is 0 Å². The second-order valence-electron chi connectivity index (χ2n) is 6.04. The summed E-state index contributed by atoms with van der Waals surface area (Å²) in [5, 5.41) is 0.570. The van der Waals surface area contributed by atoms with Crippen LogP contribution in [0.2, 0.25) is 0 Å². The molecule has 2 bridgehead atoms. The highest BCUT2D eigenvalue weighted by molar-refractivity contribution is 8.00. The highest BCUT2D eigenvalue weighted by Crippen LogP contribution is 2.38. The van der Waals surface area contributed by atoms with Crippen molar-refractivity contribution in [2.75, 3.05) is 12.3 Å². The molecule has 2 aromatic rings. The Morgan fingerprint density at radius 1 is 0.957 bits per heavy atom. The van der Waals surface area contributed by atoms with E-state index in [9.17, 15) is 9.59 Å². The molecule has 2 aliphatic rings. The zero-order chi connectivity index (χ0) is 15.8. The van der Waals surface area contributed by atoms with Gasteiger partial charge in [0.05, 0.1) is 5.56 Å². The standard InChI is InChI=1S/C19H17NO2S/c21-18(13-6-2-1-3-7-13)16-8-4-5-9-17(16)19(22)20-11-15-10-14(20)12-23-15/h1-9,14-15H,10-12H2. The molecule has 2 unspecified atom stereocenters. The van der Waals surface area contributed by atoms with Gasteiger partial charge in [0.15, 0.2) is 5.78 Å². The smallest absolute Gasteiger partial charge is 0.254 e. The van der Waals surface area contributed by atoms with Gasteiger partial charge in [-0.05, 0) is 12.5 Å². The van der Waals surface area contributed by atoms with E-state index in [0.717, 1.165) is 18.7 Å². The summed E-state index contributed by atoms with van der Waals surface area (Å²) in [6.07, 6.45) is 1.09. The van der Waals surface area contributed by atoms with E-state index >= 15 is 0 Å². The summed E-state index contributed by atoms with van der Waals surface area (Å²) in [6, 6.07) is 16.7. The number of amides is 1. The van der Waals surface area contributed by atoms with Crippen molar-refractivity contribution in [2.24, 2.45) is 0 Å². The summed E-state index contributed by atoms with van der Waals surface area (Å²) in [5.74, 6) is 0.927. The molecule has 0 aliphatic carbocycles. The molecule has 2 aliphatic heterocycles. The number of carbonyl (C=O) groups excluding carboxylic acids is 2. The van der Waals surface area contributed by atoms with Crippen LogP contribution in [0.25, 0.3) is 0 Å². The number of ketones is 1. The Kier molecular flexibility index (Phi) is 3.69. The van der Waals surface area contributed by atoms with Gasteiger partial charge in [0, 0.05) is 34.7 Å². The van der Waals surface area contributed by atoms with Crippen LogP contribution in [0.3, 0.4) is 0 Å². The maximum Gasteiger partial charge on any atom is 0.254 e. The predicted molar refractivity (Wildman–Crippen MR) is 92.0 cm³/mol. The summed E-state index contributed by atoms with van der Waals surface area (Å²) in [6.45, 7) is 0.808. The number of hydrogen-bond acceptors (Lipinski definition) is 3. The average Bonchev–Trinajstić information content (AvgIpc) is 3.24. The number of benzene rings is 2. The highest BCUT2D eigenvalue weighted by atomic mass is 32.2. The van der Waals surface area contributed by atoms with Crippen LogP contribution >= 0.6 is 11.8 Å². The minimum atomic E-state index is -0.0896. The molecule has 23 heavy (non-hydrogen) atoms. The molecule has 116 valence electrons. The molecule has 2 saturated heterocycles. The van der Waals surface area contributed by atoms with Gasteiger partial charge >= 0.3 is 0 Å². The van der Waals surface area contributed by atoms with E-state index < -0.39 is 0 Å². The van der Waals surface area contributed by atoms with Crippen molar-refractivity contribution in [3.05, 3.63) is 71.3 Å². The van der Waals surface area contributed by atoms with Crippen LogP contribution in [0.1, 0.15) is 32.7 Å². The molecule has 1 amide bonds. The third-order valence-corrected chi connectivity index (χ3v) is 5.99. The number of thioether (sulfide) groups is 1. The van der Waals surface area contributed by atoms with Crippen molar-refractivity contribution < 1.29 is 9.59 Å². The minimum absolute atomic E-state index is 0.00215. The van der Waals surface area contributed by atoms with E-state index in [-0.39, 0.29) is 11.7 Å². The van der Waals surface area contributed by atoms with Crippen LogP contribution in [0, 0.1) is 0 Å². The number of nitrogens with zero attached hydrogens (tertiary/aromatic N) is 1. The quantitative estimate of drug-likeness (QED) is 0.814. The van der Waals surface area contributed by atoms with Crippen molar-refractivity contribution >= 4 is 23.5 Å². The van der Waals surface area contributed by atoms with Gasteiger partial charge in [0.25, 0.3) is 5.91 Å². The molecule has 0 radical (unpaired) electrons. The first-order valence-corrected chi connectivity index (χ1v) is 8.90. The molecular weight excluding hydrogens is 306 g/mol. The van der Waals surface area contributed by atoms with Crippen LogP contribution in [0.5, 0.6) is 0 Å². The summed E-state index contributed by atoms with van der Waals surface area (Å²) in [4.78, 5) is 27.7. The van der Waals surface area contributed by atoms with E-state index in [1.807, 2.05) is 47.0 Å². The molecule has 0 saturated carbocycles. The maximum absolute atomic E-state index is 13.0. The SMILES string of the molecule is O=C(c1ccccc1)c1ccccc1C(=O)N1CC2CC1CS2. The van der Waals surface area contributed by atoms with Gasteiger partial charge in [0.1, 0.15) is 0 Å². The topological polar surface area (TPSA) is 37.4 Å². The first-order chi connectivity index (χ1) is 11.2. The van der Waals surface area contributed by atoms with Gasteiger partial charge in [-0.3, -0.25) is 9.59 Å². The molecule has 2 atom stereocenters. The lowest BCUT2D eigenvalue weighted by Crippen LogP contribution is -2.39. The molecule has 2 heterocycles. The maximum atomic E-state index is 13.0. The first-order valence-electron chi connectivity index (χ1n) is 7.85. The monoisotopic (exact) mass is 323 g/mol. The van der Waals surface area contributed by atoms with Crippen molar-refractivity contribution in [2.45, 2.75) is 17.7 Å². The Morgan fingerprint density at radius 3 is 2.30 bits per heavy atom. The summed E-state index contributed by atoms with van der Waals surface area (Å²) in [7, 11) is 0. The minimum Gasteiger partial charge on any atom is -0.334 e. The fourth-order valence-corrected chi connectivity index (χ4v) is 4.85. The molecule has 4 heteroatoms. The van der Waals surface area contributed by atoms with Gasteiger partial charge < -0.3 is 4.90 Å². The Hall–Kier alpha value is -2.07. The van der Waals surface area contributed by atoms with Gasteiger partial charge in [-0.2, -0.15) is 11.8 Å². The van der Waals surface area contributed by atoms with Crippen LogP contribution < -0.4 is 0 Å². The lowest BCUT2D eigenvalue weighted by atomic mass is 9.97. The van der Waals surface area contributed by atoms with Crippen molar-refractivity contribution in [1.29, 1.82) is 0 Å². The van der Waals surface area contributed by atoms with Crippen LogP contribution in [-0.4, -0.2) is 40.2 Å². The van der Waals surface area contributed by atoms with Gasteiger partial charge in [0.2, 0.25) is 0 Å².